The van der Waals surface area contributed by atoms with Crippen LogP contribution >= 0.6 is 11.3 Å². The van der Waals surface area contributed by atoms with Gasteiger partial charge in [0.15, 0.2) is 0 Å². The van der Waals surface area contributed by atoms with Crippen molar-refractivity contribution in [3.63, 3.8) is 0 Å². The first-order valence-corrected chi connectivity index (χ1v) is 8.40. The molecular formula is C16H19N3O5S. The van der Waals surface area contributed by atoms with Crippen molar-refractivity contribution < 1.29 is 23.9 Å². The number of nitrogens with one attached hydrogen (secondary N) is 1. The summed E-state index contributed by atoms with van der Waals surface area (Å²) in [5.74, 6) is -1.61. The second kappa shape index (κ2) is 7.93. The van der Waals surface area contributed by atoms with Crippen molar-refractivity contribution in [1.29, 1.82) is 0 Å². The summed E-state index contributed by atoms with van der Waals surface area (Å²) in [6, 6.07) is 1.55. The molecule has 2 heterocycles. The Hall–Kier alpha value is -2.68. The normalized spacial score (nSPS) is 10.4. The summed E-state index contributed by atoms with van der Waals surface area (Å²) in [5, 5.41) is 6.84. The van der Waals surface area contributed by atoms with Crippen LogP contribution in [0.1, 0.15) is 49.4 Å². The van der Waals surface area contributed by atoms with Gasteiger partial charge in [-0.3, -0.25) is 9.48 Å². The van der Waals surface area contributed by atoms with Crippen LogP contribution in [0.5, 0.6) is 0 Å². The first kappa shape index (κ1) is 18.7. The molecule has 0 fully saturated rings. The lowest BCUT2D eigenvalue weighted by Gasteiger charge is -2.07. The SMILES string of the molecule is CCCOC(=O)c1c(NC(=O)c2ccnn2C)sc(C(=O)OC)c1C. The standard InChI is InChI=1S/C16H19N3O5S/c1-5-8-24-15(21)11-9(2)12(16(22)23-4)25-14(11)18-13(20)10-6-7-17-19(10)3/h6-7H,5,8H2,1-4H3,(H,18,20). The Morgan fingerprint density at radius 1 is 1.32 bits per heavy atom. The second-order valence-corrected chi connectivity index (χ2v) is 6.20. The summed E-state index contributed by atoms with van der Waals surface area (Å²) in [4.78, 5) is 36.9. The van der Waals surface area contributed by atoms with Gasteiger partial charge < -0.3 is 14.8 Å². The maximum atomic E-state index is 12.4. The molecule has 2 rings (SSSR count). The summed E-state index contributed by atoms with van der Waals surface area (Å²) in [5.41, 5.74) is 0.895. The van der Waals surface area contributed by atoms with Crippen molar-refractivity contribution in [3.8, 4) is 0 Å². The summed E-state index contributed by atoms with van der Waals surface area (Å²) in [6.07, 6.45) is 2.15. The molecule has 0 saturated heterocycles. The number of hydrogen-bond donors (Lipinski definition) is 1. The average Bonchev–Trinajstić information content (AvgIpc) is 3.15. The fourth-order valence-electron chi connectivity index (χ4n) is 2.17. The Balaban J connectivity index is 2.41. The average molecular weight is 365 g/mol. The Bertz CT molecular complexity index is 809. The van der Waals surface area contributed by atoms with Gasteiger partial charge >= 0.3 is 11.9 Å². The Kier molecular flexibility index (Phi) is 5.92. The molecule has 0 atom stereocenters. The minimum atomic E-state index is -0.592. The predicted octanol–water partition coefficient (Wildman–Crippen LogP) is 2.40. The van der Waals surface area contributed by atoms with Crippen LogP contribution in [0.25, 0.3) is 0 Å². The molecule has 0 saturated carbocycles. The molecule has 8 nitrogen and oxygen atoms in total. The van der Waals surface area contributed by atoms with Gasteiger partial charge in [0, 0.05) is 13.2 Å². The number of aromatic nitrogens is 2. The highest BCUT2D eigenvalue weighted by Gasteiger charge is 2.27. The number of methoxy groups -OCH3 is 1. The number of rotatable bonds is 6. The van der Waals surface area contributed by atoms with Crippen molar-refractivity contribution >= 4 is 34.2 Å². The van der Waals surface area contributed by atoms with Crippen LogP contribution in [0.4, 0.5) is 5.00 Å². The highest BCUT2D eigenvalue weighted by Crippen LogP contribution is 2.34. The van der Waals surface area contributed by atoms with Crippen molar-refractivity contribution in [2.45, 2.75) is 20.3 Å². The van der Waals surface area contributed by atoms with Crippen molar-refractivity contribution in [2.24, 2.45) is 7.05 Å². The zero-order chi connectivity index (χ0) is 18.6. The number of ether oxygens (including phenoxy) is 2. The molecule has 0 spiro atoms. The molecule has 0 radical (unpaired) electrons. The van der Waals surface area contributed by atoms with Gasteiger partial charge in [-0.25, -0.2) is 9.59 Å². The topological polar surface area (TPSA) is 99.5 Å². The third-order valence-corrected chi connectivity index (χ3v) is 4.63. The van der Waals surface area contributed by atoms with Crippen LogP contribution in [-0.4, -0.2) is 41.3 Å². The molecule has 9 heteroatoms. The molecular weight excluding hydrogens is 346 g/mol. The number of esters is 2. The van der Waals surface area contributed by atoms with Gasteiger partial charge in [0.2, 0.25) is 0 Å². The van der Waals surface area contributed by atoms with E-state index >= 15 is 0 Å². The largest absolute Gasteiger partial charge is 0.465 e. The van der Waals surface area contributed by atoms with E-state index in [9.17, 15) is 14.4 Å². The summed E-state index contributed by atoms with van der Waals surface area (Å²) in [6.45, 7) is 3.74. The van der Waals surface area contributed by atoms with Crippen LogP contribution in [0.2, 0.25) is 0 Å². The van der Waals surface area contributed by atoms with Crippen LogP contribution in [-0.2, 0) is 16.5 Å². The van der Waals surface area contributed by atoms with Gasteiger partial charge in [-0.05, 0) is 25.0 Å². The van der Waals surface area contributed by atoms with Crippen molar-refractivity contribution in [1.82, 2.24) is 9.78 Å². The van der Waals surface area contributed by atoms with Crippen molar-refractivity contribution in [2.75, 3.05) is 19.0 Å². The molecule has 0 aliphatic heterocycles. The first-order chi connectivity index (χ1) is 11.9. The van der Waals surface area contributed by atoms with Gasteiger partial charge in [0.1, 0.15) is 15.6 Å². The molecule has 0 aliphatic rings. The minimum absolute atomic E-state index is 0.161. The zero-order valence-corrected chi connectivity index (χ0v) is 15.2. The molecule has 1 amide bonds. The lowest BCUT2D eigenvalue weighted by molar-refractivity contribution is 0.0506. The molecule has 25 heavy (non-hydrogen) atoms. The lowest BCUT2D eigenvalue weighted by Crippen LogP contribution is -2.17. The quantitative estimate of drug-likeness (QED) is 0.789. The minimum Gasteiger partial charge on any atom is -0.465 e. The fourth-order valence-corrected chi connectivity index (χ4v) is 3.27. The van der Waals surface area contributed by atoms with Crippen LogP contribution in [0, 0.1) is 6.92 Å². The summed E-state index contributed by atoms with van der Waals surface area (Å²) < 4.78 is 11.3. The van der Waals surface area contributed by atoms with E-state index in [0.29, 0.717) is 17.7 Å². The lowest BCUT2D eigenvalue weighted by atomic mass is 10.1. The van der Waals surface area contributed by atoms with E-state index in [2.05, 4.69) is 10.4 Å². The highest BCUT2D eigenvalue weighted by atomic mass is 32.1. The number of carbonyl (C=O) groups excluding carboxylic acids is 3. The molecule has 0 bridgehead atoms. The van der Waals surface area contributed by atoms with Gasteiger partial charge in [-0.15, -0.1) is 11.3 Å². The Morgan fingerprint density at radius 3 is 2.60 bits per heavy atom. The highest BCUT2D eigenvalue weighted by molar-refractivity contribution is 7.18. The molecule has 0 aromatic carbocycles. The fraction of sp³-hybridized carbons (Fsp3) is 0.375. The number of hydrogen-bond acceptors (Lipinski definition) is 7. The number of thiophene rings is 1. The molecule has 0 aliphatic carbocycles. The van der Waals surface area contributed by atoms with E-state index in [-0.39, 0.29) is 22.0 Å². The van der Waals surface area contributed by atoms with E-state index in [0.717, 1.165) is 11.3 Å². The molecule has 0 unspecified atom stereocenters. The molecule has 2 aromatic heterocycles. The molecule has 1 N–H and O–H groups in total. The van der Waals surface area contributed by atoms with E-state index in [1.165, 1.54) is 18.0 Å². The molecule has 2 aromatic rings. The van der Waals surface area contributed by atoms with E-state index < -0.39 is 17.8 Å². The maximum Gasteiger partial charge on any atom is 0.348 e. The maximum absolute atomic E-state index is 12.4. The number of carbonyl (C=O) groups is 3. The second-order valence-electron chi connectivity index (χ2n) is 5.18. The van der Waals surface area contributed by atoms with Gasteiger partial charge in [-0.2, -0.15) is 5.10 Å². The number of amides is 1. The smallest absolute Gasteiger partial charge is 0.348 e. The number of anilines is 1. The van der Waals surface area contributed by atoms with Crippen molar-refractivity contribution in [3.05, 3.63) is 34.0 Å². The van der Waals surface area contributed by atoms with Crippen LogP contribution < -0.4 is 5.32 Å². The van der Waals surface area contributed by atoms with E-state index in [1.54, 1.807) is 20.0 Å². The predicted molar refractivity (Wildman–Crippen MR) is 92.1 cm³/mol. The third-order valence-electron chi connectivity index (χ3n) is 3.44. The summed E-state index contributed by atoms with van der Waals surface area (Å²) >= 11 is 0.975. The monoisotopic (exact) mass is 365 g/mol. The van der Waals surface area contributed by atoms with Crippen LogP contribution in [0.3, 0.4) is 0 Å². The number of nitrogens with zero attached hydrogens (tertiary/aromatic N) is 2. The third kappa shape index (κ3) is 3.87. The van der Waals surface area contributed by atoms with Gasteiger partial charge in [0.05, 0.1) is 19.3 Å². The zero-order valence-electron chi connectivity index (χ0n) is 14.4. The first-order valence-electron chi connectivity index (χ1n) is 7.58. The van der Waals surface area contributed by atoms with E-state index in [4.69, 9.17) is 9.47 Å². The Labute approximate surface area is 148 Å². The van der Waals surface area contributed by atoms with Gasteiger partial charge in [-0.1, -0.05) is 6.92 Å². The van der Waals surface area contributed by atoms with Gasteiger partial charge in [0.25, 0.3) is 5.91 Å². The van der Waals surface area contributed by atoms with E-state index in [1.807, 2.05) is 6.92 Å². The molecule has 134 valence electrons. The van der Waals surface area contributed by atoms with Crippen LogP contribution in [0.15, 0.2) is 12.3 Å². The number of aryl methyl sites for hydroxylation is 1. The Morgan fingerprint density at radius 2 is 2.04 bits per heavy atom. The summed E-state index contributed by atoms with van der Waals surface area (Å²) in [7, 11) is 2.88.